The van der Waals surface area contributed by atoms with Crippen LogP contribution in [0.3, 0.4) is 0 Å². The number of alkyl halides is 3. The number of hydrogen-bond donors (Lipinski definition) is 0. The molecule has 180 valence electrons. The van der Waals surface area contributed by atoms with Gasteiger partial charge in [0.2, 0.25) is 0 Å². The molecule has 7 nitrogen and oxygen atoms in total. The number of hydrogen-bond acceptors (Lipinski definition) is 5. The van der Waals surface area contributed by atoms with E-state index in [-0.39, 0.29) is 11.5 Å². The minimum absolute atomic E-state index is 0.0780. The smallest absolute Gasteiger partial charge is 0.444 e. The van der Waals surface area contributed by atoms with Crippen LogP contribution >= 0.6 is 0 Å². The first-order valence-electron chi connectivity index (χ1n) is 10.9. The quantitative estimate of drug-likeness (QED) is 0.624. The molecule has 2 aliphatic rings. The lowest BCUT2D eigenvalue weighted by atomic mass is 9.77. The maximum Gasteiger partial charge on any atom is 0.499 e. The van der Waals surface area contributed by atoms with Gasteiger partial charge in [-0.3, -0.25) is 4.68 Å². The number of carbonyl (C=O) groups is 1. The first kappa shape index (κ1) is 24.9. The molecule has 0 radical (unpaired) electrons. The molecule has 2 fully saturated rings. The number of likely N-dealkylation sites (tertiary alicyclic amines) is 1. The largest absolute Gasteiger partial charge is 0.499 e. The van der Waals surface area contributed by atoms with Gasteiger partial charge in [0.25, 0.3) is 0 Å². The Morgan fingerprint density at radius 3 is 2.03 bits per heavy atom. The molecule has 0 spiro atoms. The molecule has 0 unspecified atom stereocenters. The van der Waals surface area contributed by atoms with Gasteiger partial charge in [-0.15, -0.1) is 0 Å². The van der Waals surface area contributed by atoms with Crippen LogP contribution in [0.2, 0.25) is 0 Å². The average molecular weight is 459 g/mol. The maximum atomic E-state index is 13.9. The van der Waals surface area contributed by atoms with Crippen LogP contribution in [0.1, 0.15) is 78.7 Å². The van der Waals surface area contributed by atoms with Crippen molar-refractivity contribution in [1.29, 1.82) is 0 Å². The van der Waals surface area contributed by atoms with Crippen LogP contribution in [-0.2, 0) is 20.2 Å². The zero-order valence-corrected chi connectivity index (χ0v) is 20.1. The zero-order valence-electron chi connectivity index (χ0n) is 20.1. The van der Waals surface area contributed by atoms with Gasteiger partial charge in [0.15, 0.2) is 5.69 Å². The Morgan fingerprint density at radius 1 is 1.09 bits per heavy atom. The van der Waals surface area contributed by atoms with Crippen molar-refractivity contribution < 1.29 is 32.0 Å². The predicted octanol–water partition coefficient (Wildman–Crippen LogP) is 4.08. The van der Waals surface area contributed by atoms with Crippen molar-refractivity contribution in [1.82, 2.24) is 14.7 Å². The Labute approximate surface area is 187 Å². The molecule has 0 aliphatic carbocycles. The van der Waals surface area contributed by atoms with Crippen molar-refractivity contribution in [3.05, 3.63) is 11.4 Å². The lowest BCUT2D eigenvalue weighted by molar-refractivity contribution is -0.140. The summed E-state index contributed by atoms with van der Waals surface area (Å²) in [7, 11) is -1.16. The summed E-state index contributed by atoms with van der Waals surface area (Å²) in [5.41, 5.74) is -2.84. The Kier molecular flexibility index (Phi) is 6.17. The molecule has 0 aromatic carbocycles. The second kappa shape index (κ2) is 7.93. The van der Waals surface area contributed by atoms with Gasteiger partial charge in [0, 0.05) is 24.2 Å². The maximum absolute atomic E-state index is 13.9. The molecule has 2 aliphatic heterocycles. The molecule has 32 heavy (non-hydrogen) atoms. The summed E-state index contributed by atoms with van der Waals surface area (Å²) in [6.07, 6.45) is -4.11. The second-order valence-corrected chi connectivity index (χ2v) is 10.6. The van der Waals surface area contributed by atoms with Gasteiger partial charge in [0.1, 0.15) is 5.60 Å². The number of carbonyl (C=O) groups excluding carboxylic acids is 1. The van der Waals surface area contributed by atoms with Crippen LogP contribution in [0, 0.1) is 6.92 Å². The van der Waals surface area contributed by atoms with Crippen molar-refractivity contribution in [3.63, 3.8) is 0 Å². The third-order valence-corrected chi connectivity index (χ3v) is 6.42. The minimum Gasteiger partial charge on any atom is -0.444 e. The molecule has 3 rings (SSSR count). The first-order chi connectivity index (χ1) is 14.4. The molecule has 3 heterocycles. The molecular formula is C21H33BF3N3O4. The summed E-state index contributed by atoms with van der Waals surface area (Å²) in [5, 5.41) is 3.97. The molecule has 0 bridgehead atoms. The van der Waals surface area contributed by atoms with Gasteiger partial charge in [0.05, 0.1) is 17.2 Å². The van der Waals surface area contributed by atoms with Gasteiger partial charge in [-0.1, -0.05) is 0 Å². The van der Waals surface area contributed by atoms with Crippen LogP contribution in [0.25, 0.3) is 0 Å². The minimum atomic E-state index is -4.65. The number of amides is 1. The van der Waals surface area contributed by atoms with E-state index in [4.69, 9.17) is 14.0 Å². The Hall–Kier alpha value is -1.75. The number of piperidine rings is 1. The van der Waals surface area contributed by atoms with Crippen LogP contribution in [0.4, 0.5) is 18.0 Å². The van der Waals surface area contributed by atoms with Gasteiger partial charge >= 0.3 is 19.4 Å². The summed E-state index contributed by atoms with van der Waals surface area (Å²) in [6, 6.07) is -0.272. The van der Waals surface area contributed by atoms with E-state index in [2.05, 4.69) is 5.10 Å². The number of nitrogens with zero attached hydrogens (tertiary/aromatic N) is 3. The highest BCUT2D eigenvalue weighted by molar-refractivity contribution is 6.63. The third kappa shape index (κ3) is 4.78. The number of ether oxygens (including phenoxy) is 1. The average Bonchev–Trinajstić information content (AvgIpc) is 3.06. The van der Waals surface area contributed by atoms with E-state index in [9.17, 15) is 18.0 Å². The lowest BCUT2D eigenvalue weighted by Crippen LogP contribution is -2.42. The van der Waals surface area contributed by atoms with E-state index in [0.717, 1.165) is 0 Å². The van der Waals surface area contributed by atoms with E-state index >= 15 is 0 Å². The summed E-state index contributed by atoms with van der Waals surface area (Å²) in [6.45, 7) is 14.9. The van der Waals surface area contributed by atoms with Crippen LogP contribution in [0.15, 0.2) is 0 Å². The fourth-order valence-electron chi connectivity index (χ4n) is 3.96. The van der Waals surface area contributed by atoms with Gasteiger partial charge in [-0.25, -0.2) is 4.79 Å². The van der Waals surface area contributed by atoms with Crippen LogP contribution in [-0.4, -0.2) is 57.8 Å². The molecule has 11 heteroatoms. The monoisotopic (exact) mass is 459 g/mol. The van der Waals surface area contributed by atoms with Crippen molar-refractivity contribution in [2.45, 2.75) is 97.3 Å². The number of halogens is 3. The van der Waals surface area contributed by atoms with E-state index in [1.807, 2.05) is 0 Å². The molecule has 1 amide bonds. The Balaban J connectivity index is 1.85. The van der Waals surface area contributed by atoms with Crippen LogP contribution < -0.4 is 5.46 Å². The standard InChI is InChI=1S/C21H33BF3N3O4/c1-13-15(22-31-19(5,6)20(7,8)32-22)16(21(23,24)25)26-28(13)14-9-11-27(12-10-14)17(29)30-18(2,3)4/h14H,9-12H2,1-8H3. The summed E-state index contributed by atoms with van der Waals surface area (Å²) >= 11 is 0. The lowest BCUT2D eigenvalue weighted by Gasteiger charge is -2.34. The number of aromatic nitrogens is 2. The number of rotatable bonds is 2. The Morgan fingerprint density at radius 2 is 1.59 bits per heavy atom. The molecule has 1 aromatic rings. The molecule has 0 saturated carbocycles. The molecule has 2 saturated heterocycles. The van der Waals surface area contributed by atoms with Crippen molar-refractivity contribution in [2.24, 2.45) is 0 Å². The molecular weight excluding hydrogens is 426 g/mol. The van der Waals surface area contributed by atoms with Crippen molar-refractivity contribution in [3.8, 4) is 0 Å². The SMILES string of the molecule is Cc1c(B2OC(C)(C)C(C)(C)O2)c(C(F)(F)F)nn1C1CCN(C(=O)OC(C)(C)C)CC1. The molecule has 0 N–H and O–H groups in total. The first-order valence-corrected chi connectivity index (χ1v) is 10.9. The second-order valence-electron chi connectivity index (χ2n) is 10.6. The van der Waals surface area contributed by atoms with Crippen molar-refractivity contribution in [2.75, 3.05) is 13.1 Å². The van der Waals surface area contributed by atoms with Gasteiger partial charge < -0.3 is 18.9 Å². The predicted molar refractivity (Wildman–Crippen MR) is 114 cm³/mol. The fraction of sp³-hybridized carbons (Fsp3) is 0.810. The highest BCUT2D eigenvalue weighted by Gasteiger charge is 2.55. The summed E-state index contributed by atoms with van der Waals surface area (Å²) in [5.74, 6) is 0. The highest BCUT2D eigenvalue weighted by atomic mass is 19.4. The van der Waals surface area contributed by atoms with E-state index < -0.39 is 41.9 Å². The topological polar surface area (TPSA) is 65.8 Å². The van der Waals surface area contributed by atoms with Crippen LogP contribution in [0.5, 0.6) is 0 Å². The molecule has 1 aromatic heterocycles. The zero-order chi connectivity index (χ0) is 24.3. The summed E-state index contributed by atoms with van der Waals surface area (Å²) < 4.78 is 60.4. The van der Waals surface area contributed by atoms with E-state index in [1.54, 1.807) is 60.3 Å². The van der Waals surface area contributed by atoms with Gasteiger partial charge in [-0.05, 0) is 68.2 Å². The summed E-state index contributed by atoms with van der Waals surface area (Å²) in [4.78, 5) is 13.9. The van der Waals surface area contributed by atoms with E-state index in [1.165, 1.54) is 4.68 Å². The highest BCUT2D eigenvalue weighted by Crippen LogP contribution is 2.39. The fourth-order valence-corrected chi connectivity index (χ4v) is 3.96. The van der Waals surface area contributed by atoms with Gasteiger partial charge in [-0.2, -0.15) is 18.3 Å². The normalized spacial score (nSPS) is 21.8. The third-order valence-electron chi connectivity index (χ3n) is 6.42. The molecule has 0 atom stereocenters. The van der Waals surface area contributed by atoms with E-state index in [0.29, 0.717) is 31.6 Å². The Bertz CT molecular complexity index is 853. The van der Waals surface area contributed by atoms with Crippen molar-refractivity contribution >= 4 is 18.7 Å².